The highest BCUT2D eigenvalue weighted by molar-refractivity contribution is 7.89. The van der Waals surface area contributed by atoms with Crippen LogP contribution in [0.2, 0.25) is 0 Å². The lowest BCUT2D eigenvalue weighted by atomic mass is 10.2. The number of hydrogen-bond acceptors (Lipinski definition) is 4. The number of rotatable bonds is 8. The van der Waals surface area contributed by atoms with Crippen molar-refractivity contribution in [3.8, 4) is 0 Å². The molecule has 0 fully saturated rings. The zero-order valence-corrected chi connectivity index (χ0v) is 13.9. The van der Waals surface area contributed by atoms with Gasteiger partial charge in [-0.05, 0) is 33.7 Å². The van der Waals surface area contributed by atoms with Gasteiger partial charge in [0.25, 0.3) is 0 Å². The molecule has 0 aliphatic rings. The first-order chi connectivity index (χ1) is 9.39. The highest BCUT2D eigenvalue weighted by Crippen LogP contribution is 2.29. The molecule has 0 aliphatic heterocycles. The van der Waals surface area contributed by atoms with Gasteiger partial charge in [0.2, 0.25) is 10.0 Å². The van der Waals surface area contributed by atoms with E-state index in [2.05, 4.69) is 5.32 Å². The topological polar surface area (TPSA) is 62.6 Å². The molecule has 1 heterocycles. The fraction of sp³-hybridized carbons (Fsp3) is 0.714. The summed E-state index contributed by atoms with van der Waals surface area (Å²) in [5, 5.41) is 3.01. The van der Waals surface area contributed by atoms with Crippen LogP contribution in [0.4, 0.5) is 0 Å². The first-order valence-electron chi connectivity index (χ1n) is 7.13. The Morgan fingerprint density at radius 3 is 2.10 bits per heavy atom. The first-order valence-corrected chi connectivity index (χ1v) is 8.57. The van der Waals surface area contributed by atoms with Crippen LogP contribution in [-0.4, -0.2) is 32.9 Å². The molecule has 0 aliphatic carbocycles. The van der Waals surface area contributed by atoms with Crippen LogP contribution >= 0.6 is 0 Å². The van der Waals surface area contributed by atoms with E-state index < -0.39 is 10.0 Å². The fourth-order valence-electron chi connectivity index (χ4n) is 2.41. The molecule has 0 spiro atoms. The van der Waals surface area contributed by atoms with Gasteiger partial charge in [-0.3, -0.25) is 0 Å². The summed E-state index contributed by atoms with van der Waals surface area (Å²) in [6, 6.07) is 0. The minimum atomic E-state index is -3.49. The maximum absolute atomic E-state index is 12.9. The normalized spacial score (nSPS) is 12.3. The van der Waals surface area contributed by atoms with E-state index in [0.717, 1.165) is 18.4 Å². The van der Waals surface area contributed by atoms with Gasteiger partial charge in [-0.15, -0.1) is 0 Å². The van der Waals surface area contributed by atoms with Crippen LogP contribution in [0.3, 0.4) is 0 Å². The van der Waals surface area contributed by atoms with Crippen molar-refractivity contribution in [3.63, 3.8) is 0 Å². The monoisotopic (exact) mass is 302 g/mol. The predicted molar refractivity (Wildman–Crippen MR) is 80.3 cm³/mol. The van der Waals surface area contributed by atoms with Crippen LogP contribution in [0.15, 0.2) is 9.31 Å². The lowest BCUT2D eigenvalue weighted by Crippen LogP contribution is -2.33. The van der Waals surface area contributed by atoms with Crippen molar-refractivity contribution in [2.75, 3.05) is 20.1 Å². The molecule has 0 saturated heterocycles. The fourth-order valence-corrected chi connectivity index (χ4v) is 4.45. The van der Waals surface area contributed by atoms with E-state index in [4.69, 9.17) is 4.42 Å². The lowest BCUT2D eigenvalue weighted by Gasteiger charge is -2.21. The molecule has 0 amide bonds. The summed E-state index contributed by atoms with van der Waals surface area (Å²) in [6.45, 7) is 9.07. The Balaban J connectivity index is 3.32. The molecule has 0 bridgehead atoms. The number of aryl methyl sites for hydroxylation is 2. The number of hydrogen-bond donors (Lipinski definition) is 1. The Morgan fingerprint density at radius 2 is 1.65 bits per heavy atom. The number of nitrogens with one attached hydrogen (secondary N) is 1. The van der Waals surface area contributed by atoms with Crippen LogP contribution in [0.25, 0.3) is 0 Å². The second-order valence-electron chi connectivity index (χ2n) is 4.96. The molecule has 0 unspecified atom stereocenters. The Labute approximate surface area is 122 Å². The number of sulfonamides is 1. The third kappa shape index (κ3) is 3.42. The third-order valence-corrected chi connectivity index (χ3v) is 5.32. The van der Waals surface area contributed by atoms with E-state index in [-0.39, 0.29) is 0 Å². The lowest BCUT2D eigenvalue weighted by molar-refractivity contribution is 0.407. The van der Waals surface area contributed by atoms with Gasteiger partial charge in [0, 0.05) is 25.2 Å². The van der Waals surface area contributed by atoms with Crippen molar-refractivity contribution in [1.82, 2.24) is 9.62 Å². The van der Waals surface area contributed by atoms with Crippen LogP contribution in [0.5, 0.6) is 0 Å². The van der Waals surface area contributed by atoms with Gasteiger partial charge < -0.3 is 9.73 Å². The van der Waals surface area contributed by atoms with E-state index in [1.807, 2.05) is 20.8 Å². The van der Waals surface area contributed by atoms with Crippen molar-refractivity contribution in [3.05, 3.63) is 17.1 Å². The summed E-state index contributed by atoms with van der Waals surface area (Å²) in [6.07, 6.45) is 1.60. The molecule has 1 aromatic heterocycles. The van der Waals surface area contributed by atoms with E-state index in [0.29, 0.717) is 36.1 Å². The van der Waals surface area contributed by atoms with Crippen LogP contribution in [0, 0.1) is 13.8 Å². The summed E-state index contributed by atoms with van der Waals surface area (Å²) >= 11 is 0. The van der Waals surface area contributed by atoms with Crippen LogP contribution < -0.4 is 5.32 Å². The molecular weight excluding hydrogens is 276 g/mol. The molecule has 6 heteroatoms. The van der Waals surface area contributed by atoms with E-state index in [9.17, 15) is 8.42 Å². The maximum atomic E-state index is 12.9. The predicted octanol–water partition coefficient (Wildman–Crippen LogP) is 2.43. The average Bonchev–Trinajstić information content (AvgIpc) is 2.65. The maximum Gasteiger partial charge on any atom is 0.246 e. The number of furan rings is 1. The van der Waals surface area contributed by atoms with Crippen molar-refractivity contribution in [2.45, 2.75) is 52.0 Å². The largest absolute Gasteiger partial charge is 0.465 e. The molecule has 5 nitrogen and oxygen atoms in total. The summed E-state index contributed by atoms with van der Waals surface area (Å²) in [5.74, 6) is 1.15. The Morgan fingerprint density at radius 1 is 1.10 bits per heavy atom. The summed E-state index contributed by atoms with van der Waals surface area (Å²) in [5.41, 5.74) is 0.738. The van der Waals surface area contributed by atoms with Crippen LogP contribution in [0.1, 0.15) is 43.8 Å². The second kappa shape index (κ2) is 7.24. The molecule has 20 heavy (non-hydrogen) atoms. The molecule has 1 rings (SSSR count). The van der Waals surface area contributed by atoms with Gasteiger partial charge in [-0.25, -0.2) is 8.42 Å². The number of nitrogens with zero attached hydrogens (tertiary/aromatic N) is 1. The van der Waals surface area contributed by atoms with Crippen molar-refractivity contribution < 1.29 is 12.8 Å². The minimum Gasteiger partial charge on any atom is -0.465 e. The van der Waals surface area contributed by atoms with Gasteiger partial charge >= 0.3 is 0 Å². The van der Waals surface area contributed by atoms with Crippen molar-refractivity contribution in [2.24, 2.45) is 0 Å². The highest BCUT2D eigenvalue weighted by Gasteiger charge is 2.31. The van der Waals surface area contributed by atoms with Gasteiger partial charge in [-0.2, -0.15) is 4.31 Å². The summed E-state index contributed by atoms with van der Waals surface area (Å²) < 4.78 is 32.9. The molecule has 0 saturated carbocycles. The van der Waals surface area contributed by atoms with Gasteiger partial charge in [0.15, 0.2) is 0 Å². The summed E-state index contributed by atoms with van der Waals surface area (Å²) in [4.78, 5) is 0.339. The first kappa shape index (κ1) is 17.2. The van der Waals surface area contributed by atoms with Crippen molar-refractivity contribution >= 4 is 10.0 Å². The van der Waals surface area contributed by atoms with Crippen molar-refractivity contribution in [1.29, 1.82) is 0 Å². The summed E-state index contributed by atoms with van der Waals surface area (Å²) in [7, 11) is -1.69. The standard InChI is InChI=1S/C14H26N2O3S/c1-6-8-16(9-7-2)20(17,18)14-12(4)19-11(3)13(14)10-15-5/h15H,6-10H2,1-5H3. The Hall–Kier alpha value is -0.850. The zero-order valence-electron chi connectivity index (χ0n) is 13.1. The SMILES string of the molecule is CCCN(CCC)S(=O)(=O)c1c(C)oc(C)c1CNC. The smallest absolute Gasteiger partial charge is 0.246 e. The molecular formula is C14H26N2O3S. The third-order valence-electron chi connectivity index (χ3n) is 3.22. The van der Waals surface area contributed by atoms with Gasteiger partial charge in [0.05, 0.1) is 0 Å². The molecule has 0 atom stereocenters. The Bertz CT molecular complexity index is 529. The van der Waals surface area contributed by atoms with E-state index in [1.165, 1.54) is 0 Å². The average molecular weight is 302 g/mol. The highest BCUT2D eigenvalue weighted by atomic mass is 32.2. The molecule has 116 valence electrons. The molecule has 1 aromatic rings. The van der Waals surface area contributed by atoms with Gasteiger partial charge in [-0.1, -0.05) is 13.8 Å². The van der Waals surface area contributed by atoms with Gasteiger partial charge in [0.1, 0.15) is 16.4 Å². The van der Waals surface area contributed by atoms with Crippen LogP contribution in [-0.2, 0) is 16.6 Å². The minimum absolute atomic E-state index is 0.339. The molecule has 0 aromatic carbocycles. The van der Waals surface area contributed by atoms with E-state index in [1.54, 1.807) is 18.3 Å². The van der Waals surface area contributed by atoms with E-state index >= 15 is 0 Å². The molecule has 1 N–H and O–H groups in total. The molecule has 0 radical (unpaired) electrons. The Kier molecular flexibility index (Phi) is 6.23. The quantitative estimate of drug-likeness (QED) is 0.801. The zero-order chi connectivity index (χ0) is 15.3. The second-order valence-corrected chi connectivity index (χ2v) is 6.83.